The molecule has 0 atom stereocenters. The highest BCUT2D eigenvalue weighted by Gasteiger charge is 2.02. The molecule has 0 aliphatic rings. The summed E-state index contributed by atoms with van der Waals surface area (Å²) in [5.74, 6) is -0.0880. The van der Waals surface area contributed by atoms with Crippen LogP contribution < -0.4 is 0 Å². The maximum atomic E-state index is 11.5. The molecule has 0 unspecified atom stereocenters. The lowest BCUT2D eigenvalue weighted by Gasteiger charge is -2.08. The third-order valence-electron chi connectivity index (χ3n) is 4.44. The zero-order valence-electron chi connectivity index (χ0n) is 17.8. The predicted octanol–water partition coefficient (Wildman–Crippen LogP) is 6.99. The number of hydrogen-bond acceptors (Lipinski definition) is 3. The molecule has 0 aromatic rings. The molecule has 154 valence electrons. The van der Waals surface area contributed by atoms with Crippen LogP contribution >= 0.6 is 0 Å². The van der Waals surface area contributed by atoms with Crippen LogP contribution in [0.25, 0.3) is 0 Å². The summed E-state index contributed by atoms with van der Waals surface area (Å²) in [6, 6.07) is 0. The highest BCUT2D eigenvalue weighted by atomic mass is 16.6. The number of hydrogen-bond donors (Lipinski definition) is 0. The van der Waals surface area contributed by atoms with Gasteiger partial charge in [-0.2, -0.15) is 0 Å². The Morgan fingerprint density at radius 3 is 1.88 bits per heavy atom. The van der Waals surface area contributed by atoms with Gasteiger partial charge in [0.15, 0.2) is 0 Å². The smallest absolute Gasteiger partial charge is 0.305 e. The van der Waals surface area contributed by atoms with E-state index in [9.17, 15) is 4.79 Å². The Morgan fingerprint density at radius 2 is 1.31 bits per heavy atom. The average Bonchev–Trinajstić information content (AvgIpc) is 2.62. The van der Waals surface area contributed by atoms with Crippen molar-refractivity contribution in [3.05, 3.63) is 12.2 Å². The van der Waals surface area contributed by atoms with Gasteiger partial charge in [0, 0.05) is 6.42 Å². The Morgan fingerprint density at radius 1 is 0.769 bits per heavy atom. The predicted molar refractivity (Wildman–Crippen MR) is 111 cm³/mol. The van der Waals surface area contributed by atoms with E-state index in [1.165, 1.54) is 70.6 Å². The lowest BCUT2D eigenvalue weighted by atomic mass is 10.1. The van der Waals surface area contributed by atoms with Crippen LogP contribution in [0, 0.1) is 0 Å². The van der Waals surface area contributed by atoms with Gasteiger partial charge in [0.2, 0.25) is 0 Å². The number of carbonyl (C=O) groups excluding carboxylic acids is 1. The minimum absolute atomic E-state index is 0.0880. The first-order valence-corrected chi connectivity index (χ1v) is 11.1. The largest absolute Gasteiger partial charge is 0.463 e. The molecule has 0 bridgehead atoms. The monoisotopic (exact) mass is 368 g/mol. The van der Waals surface area contributed by atoms with Gasteiger partial charge in [-0.15, -0.1) is 0 Å². The summed E-state index contributed by atoms with van der Waals surface area (Å²) in [6.45, 7) is 7.10. The van der Waals surface area contributed by atoms with Crippen molar-refractivity contribution >= 4 is 5.97 Å². The minimum Gasteiger partial charge on any atom is -0.463 e. The lowest BCUT2D eigenvalue weighted by molar-refractivity contribution is -0.145. The Balaban J connectivity index is 3.21. The van der Waals surface area contributed by atoms with Crippen molar-refractivity contribution in [2.24, 2.45) is 0 Å². The van der Waals surface area contributed by atoms with Crippen LogP contribution in [-0.4, -0.2) is 25.3 Å². The molecule has 3 heteroatoms. The van der Waals surface area contributed by atoms with Crippen molar-refractivity contribution in [2.45, 2.75) is 117 Å². The van der Waals surface area contributed by atoms with Crippen LogP contribution in [0.15, 0.2) is 12.2 Å². The molecule has 0 amide bonds. The Bertz CT molecular complexity index is 323. The van der Waals surface area contributed by atoms with Crippen LogP contribution in [-0.2, 0) is 14.3 Å². The highest BCUT2D eigenvalue weighted by molar-refractivity contribution is 5.69. The third kappa shape index (κ3) is 21.2. The van der Waals surface area contributed by atoms with Crippen LogP contribution in [0.5, 0.6) is 0 Å². The summed E-state index contributed by atoms with van der Waals surface area (Å²) in [7, 11) is 0. The molecular formula is C23H44O3. The fourth-order valence-corrected chi connectivity index (χ4v) is 2.85. The van der Waals surface area contributed by atoms with E-state index >= 15 is 0 Å². The van der Waals surface area contributed by atoms with Crippen LogP contribution in [0.4, 0.5) is 0 Å². The molecule has 0 fully saturated rings. The van der Waals surface area contributed by atoms with Gasteiger partial charge < -0.3 is 9.47 Å². The molecule has 0 aromatic carbocycles. The summed E-state index contributed by atoms with van der Waals surface area (Å²) in [5.41, 5.74) is 0. The van der Waals surface area contributed by atoms with Gasteiger partial charge >= 0.3 is 5.97 Å². The quantitative estimate of drug-likeness (QED) is 0.140. The highest BCUT2D eigenvalue weighted by Crippen LogP contribution is 2.10. The first kappa shape index (κ1) is 25.2. The topological polar surface area (TPSA) is 35.5 Å². The van der Waals surface area contributed by atoms with Crippen molar-refractivity contribution < 1.29 is 14.3 Å². The number of carbonyl (C=O) groups is 1. The fraction of sp³-hybridized carbons (Fsp3) is 0.870. The zero-order valence-corrected chi connectivity index (χ0v) is 17.8. The Labute approximate surface area is 162 Å². The molecule has 0 spiro atoms. The SMILES string of the molecule is CCCCCCCCC=CCCCCCCCC(=O)OCCOC(C)C. The molecule has 0 aliphatic carbocycles. The van der Waals surface area contributed by atoms with Crippen LogP contribution in [0.3, 0.4) is 0 Å². The van der Waals surface area contributed by atoms with Crippen molar-refractivity contribution in [1.29, 1.82) is 0 Å². The zero-order chi connectivity index (χ0) is 19.3. The van der Waals surface area contributed by atoms with Crippen LogP contribution in [0.2, 0.25) is 0 Å². The van der Waals surface area contributed by atoms with Crippen molar-refractivity contribution in [2.75, 3.05) is 13.2 Å². The second-order valence-corrected chi connectivity index (χ2v) is 7.47. The summed E-state index contributed by atoms with van der Waals surface area (Å²) >= 11 is 0. The number of unbranched alkanes of at least 4 members (excludes halogenated alkanes) is 11. The second-order valence-electron chi connectivity index (χ2n) is 7.47. The van der Waals surface area contributed by atoms with Crippen molar-refractivity contribution in [1.82, 2.24) is 0 Å². The van der Waals surface area contributed by atoms with Gasteiger partial charge in [0.1, 0.15) is 6.61 Å². The molecule has 0 saturated carbocycles. The first-order valence-electron chi connectivity index (χ1n) is 11.1. The van der Waals surface area contributed by atoms with E-state index in [-0.39, 0.29) is 12.1 Å². The normalized spacial score (nSPS) is 11.5. The van der Waals surface area contributed by atoms with E-state index in [0.717, 1.165) is 12.8 Å². The molecule has 0 rings (SSSR count). The lowest BCUT2D eigenvalue weighted by Crippen LogP contribution is -2.13. The number of allylic oxidation sites excluding steroid dienone is 2. The first-order chi connectivity index (χ1) is 12.7. The molecular weight excluding hydrogens is 324 g/mol. The summed E-state index contributed by atoms with van der Waals surface area (Å²) in [6.07, 6.45) is 22.0. The summed E-state index contributed by atoms with van der Waals surface area (Å²) < 4.78 is 10.5. The molecule has 3 nitrogen and oxygen atoms in total. The number of rotatable bonds is 19. The van der Waals surface area contributed by atoms with Crippen LogP contribution in [0.1, 0.15) is 111 Å². The van der Waals surface area contributed by atoms with Crippen molar-refractivity contribution in [3.8, 4) is 0 Å². The number of esters is 1. The molecule has 0 heterocycles. The molecule has 26 heavy (non-hydrogen) atoms. The molecule has 0 aliphatic heterocycles. The molecule has 0 N–H and O–H groups in total. The Kier molecular flexibility index (Phi) is 19.8. The van der Waals surface area contributed by atoms with Gasteiger partial charge in [-0.05, 0) is 46.0 Å². The van der Waals surface area contributed by atoms with E-state index in [1.54, 1.807) is 0 Å². The Hall–Kier alpha value is -0.830. The van der Waals surface area contributed by atoms with Gasteiger partial charge in [0.25, 0.3) is 0 Å². The van der Waals surface area contributed by atoms with E-state index in [0.29, 0.717) is 19.6 Å². The number of ether oxygens (including phenoxy) is 2. The van der Waals surface area contributed by atoms with E-state index in [2.05, 4.69) is 19.1 Å². The molecule has 0 radical (unpaired) electrons. The standard InChI is InChI=1S/C23H44O3/c1-4-5-6-7-8-9-10-11-12-13-14-15-16-17-18-19-23(24)26-21-20-25-22(2)3/h11-12,22H,4-10,13-21H2,1-3H3. The third-order valence-corrected chi connectivity index (χ3v) is 4.44. The maximum absolute atomic E-state index is 11.5. The van der Waals surface area contributed by atoms with Gasteiger partial charge in [0.05, 0.1) is 12.7 Å². The summed E-state index contributed by atoms with van der Waals surface area (Å²) in [4.78, 5) is 11.5. The van der Waals surface area contributed by atoms with Gasteiger partial charge in [-0.25, -0.2) is 0 Å². The summed E-state index contributed by atoms with van der Waals surface area (Å²) in [5, 5.41) is 0. The van der Waals surface area contributed by atoms with E-state index in [1.807, 2.05) is 13.8 Å². The molecule has 0 aromatic heterocycles. The van der Waals surface area contributed by atoms with Gasteiger partial charge in [-0.3, -0.25) is 4.79 Å². The maximum Gasteiger partial charge on any atom is 0.305 e. The average molecular weight is 369 g/mol. The molecule has 0 saturated heterocycles. The minimum atomic E-state index is -0.0880. The van der Waals surface area contributed by atoms with Crippen molar-refractivity contribution in [3.63, 3.8) is 0 Å². The van der Waals surface area contributed by atoms with E-state index in [4.69, 9.17) is 9.47 Å². The second kappa shape index (κ2) is 20.5. The fourth-order valence-electron chi connectivity index (χ4n) is 2.85. The van der Waals surface area contributed by atoms with E-state index < -0.39 is 0 Å². The van der Waals surface area contributed by atoms with Gasteiger partial charge in [-0.1, -0.05) is 70.4 Å².